The van der Waals surface area contributed by atoms with Gasteiger partial charge in [-0.2, -0.15) is 0 Å². The van der Waals surface area contributed by atoms with Gasteiger partial charge in [0.25, 0.3) is 0 Å². The number of esters is 1. The summed E-state index contributed by atoms with van der Waals surface area (Å²) < 4.78 is 11.2. The van der Waals surface area contributed by atoms with Crippen LogP contribution in [-0.4, -0.2) is 39.3 Å². The van der Waals surface area contributed by atoms with E-state index in [4.69, 9.17) is 21.1 Å². The molecule has 0 saturated heterocycles. The number of carbonyl (C=O) groups excluding carboxylic acids is 2. The predicted octanol–water partition coefficient (Wildman–Crippen LogP) is 3.48. The van der Waals surface area contributed by atoms with Crippen molar-refractivity contribution in [1.29, 1.82) is 0 Å². The van der Waals surface area contributed by atoms with Gasteiger partial charge in [-0.25, -0.2) is 24.1 Å². The average molecular weight is 352 g/mol. The third-order valence-electron chi connectivity index (χ3n) is 3.02. The van der Waals surface area contributed by atoms with Gasteiger partial charge in [0.1, 0.15) is 11.3 Å². The number of hydrogen-bond donors (Lipinski definition) is 0. The molecular formula is C16H18ClN3O4. The van der Waals surface area contributed by atoms with Crippen LogP contribution in [0, 0.1) is 6.92 Å². The minimum Gasteiger partial charge on any atom is -0.464 e. The van der Waals surface area contributed by atoms with E-state index < -0.39 is 17.7 Å². The topological polar surface area (TPSA) is 83.3 Å². The lowest BCUT2D eigenvalue weighted by Crippen LogP contribution is -2.28. The lowest BCUT2D eigenvalue weighted by molar-refractivity contribution is 0.0483. The molecular weight excluding hydrogens is 334 g/mol. The van der Waals surface area contributed by atoms with Gasteiger partial charge >= 0.3 is 12.1 Å². The maximum Gasteiger partial charge on any atom is 0.419 e. The summed E-state index contributed by atoms with van der Waals surface area (Å²) in [6.45, 7) is 7.01. The minimum atomic E-state index is -0.705. The van der Waals surface area contributed by atoms with Crippen LogP contribution < -0.4 is 0 Å². The first kappa shape index (κ1) is 17.9. The molecule has 2 aromatic rings. The van der Waals surface area contributed by atoms with E-state index in [9.17, 15) is 9.59 Å². The highest BCUT2D eigenvalue weighted by atomic mass is 35.5. The zero-order valence-electron chi connectivity index (χ0n) is 14.1. The van der Waals surface area contributed by atoms with Crippen molar-refractivity contribution in [2.45, 2.75) is 33.3 Å². The minimum absolute atomic E-state index is 0.0379. The number of carbonyl (C=O) groups is 2. The molecule has 0 atom stereocenters. The summed E-state index contributed by atoms with van der Waals surface area (Å²) >= 11 is 5.84. The number of nitrogens with zero attached hydrogens (tertiary/aromatic N) is 3. The van der Waals surface area contributed by atoms with Crippen LogP contribution in [0.5, 0.6) is 0 Å². The summed E-state index contributed by atoms with van der Waals surface area (Å²) in [5.41, 5.74) is 1.13. The second kappa shape index (κ2) is 6.60. The summed E-state index contributed by atoms with van der Waals surface area (Å²) in [6, 6.07) is 1.50. The van der Waals surface area contributed by atoms with E-state index in [-0.39, 0.29) is 11.0 Å². The Bertz CT molecular complexity index is 793. The third kappa shape index (κ3) is 3.91. The van der Waals surface area contributed by atoms with E-state index in [1.165, 1.54) is 19.4 Å². The Morgan fingerprint density at radius 2 is 1.96 bits per heavy atom. The maximum atomic E-state index is 12.4. The Morgan fingerprint density at radius 3 is 2.54 bits per heavy atom. The van der Waals surface area contributed by atoms with E-state index >= 15 is 0 Å². The van der Waals surface area contributed by atoms with Crippen molar-refractivity contribution in [2.24, 2.45) is 0 Å². The van der Waals surface area contributed by atoms with Gasteiger partial charge in [-0.15, -0.1) is 0 Å². The molecule has 8 heteroatoms. The van der Waals surface area contributed by atoms with Crippen LogP contribution in [0.4, 0.5) is 4.79 Å². The van der Waals surface area contributed by atoms with Gasteiger partial charge in [0.05, 0.1) is 12.8 Å². The molecule has 7 nitrogen and oxygen atoms in total. The molecule has 0 aromatic carbocycles. The van der Waals surface area contributed by atoms with Crippen LogP contribution in [-0.2, 0) is 9.47 Å². The molecule has 0 amide bonds. The Labute approximate surface area is 144 Å². The van der Waals surface area contributed by atoms with Gasteiger partial charge in [-0.1, -0.05) is 0 Å². The van der Waals surface area contributed by atoms with Crippen molar-refractivity contribution in [1.82, 2.24) is 14.5 Å². The molecule has 0 unspecified atom stereocenters. The van der Waals surface area contributed by atoms with Gasteiger partial charge in [0.2, 0.25) is 5.28 Å². The Balaban J connectivity index is 2.55. The summed E-state index contributed by atoms with van der Waals surface area (Å²) in [7, 11) is 1.24. The lowest BCUT2D eigenvalue weighted by Gasteiger charge is -2.20. The molecule has 2 aromatic heterocycles. The summed E-state index contributed by atoms with van der Waals surface area (Å²) in [5, 5.41) is 0.0697. The molecule has 24 heavy (non-hydrogen) atoms. The predicted molar refractivity (Wildman–Crippen MR) is 88.2 cm³/mol. The van der Waals surface area contributed by atoms with Crippen LogP contribution in [0.3, 0.4) is 0 Å². The maximum absolute atomic E-state index is 12.4. The first-order valence-electron chi connectivity index (χ1n) is 7.16. The molecule has 0 spiro atoms. The lowest BCUT2D eigenvalue weighted by atomic mass is 10.1. The van der Waals surface area contributed by atoms with Crippen LogP contribution >= 0.6 is 11.6 Å². The summed E-state index contributed by atoms with van der Waals surface area (Å²) in [5.74, 6) is -0.662. The molecule has 0 N–H and O–H groups in total. The largest absolute Gasteiger partial charge is 0.464 e. The van der Waals surface area contributed by atoms with Crippen molar-refractivity contribution < 1.29 is 19.1 Å². The molecule has 0 aliphatic rings. The monoisotopic (exact) mass is 351 g/mol. The number of aryl methyl sites for hydroxylation is 1. The van der Waals surface area contributed by atoms with Gasteiger partial charge in [0.15, 0.2) is 0 Å². The van der Waals surface area contributed by atoms with Gasteiger partial charge < -0.3 is 9.47 Å². The number of methoxy groups -OCH3 is 1. The number of ether oxygens (including phenoxy) is 2. The van der Waals surface area contributed by atoms with Crippen LogP contribution in [0.1, 0.15) is 36.8 Å². The number of rotatable bonds is 2. The summed E-state index contributed by atoms with van der Waals surface area (Å²) in [4.78, 5) is 32.4. The van der Waals surface area contributed by atoms with Crippen LogP contribution in [0.25, 0.3) is 11.3 Å². The molecule has 0 aliphatic heterocycles. The van der Waals surface area contributed by atoms with E-state index in [1.807, 2.05) is 0 Å². The quantitative estimate of drug-likeness (QED) is 0.608. The fourth-order valence-corrected chi connectivity index (χ4v) is 2.16. The number of hydrogen-bond acceptors (Lipinski definition) is 6. The highest BCUT2D eigenvalue weighted by Gasteiger charge is 2.25. The van der Waals surface area contributed by atoms with Crippen molar-refractivity contribution in [2.75, 3.05) is 7.11 Å². The van der Waals surface area contributed by atoms with E-state index in [0.29, 0.717) is 11.3 Å². The molecule has 0 saturated carbocycles. The fourth-order valence-electron chi connectivity index (χ4n) is 2.03. The standard InChI is InChI=1S/C16H18ClN3O4/c1-9-7-18-14(17)19-12(9)10-6-11(13(21)23-5)20(8-10)15(22)24-16(2,3)4/h6-8H,1-5H3. The fraction of sp³-hybridized carbons (Fsp3) is 0.375. The third-order valence-corrected chi connectivity index (χ3v) is 3.20. The highest BCUT2D eigenvalue weighted by molar-refractivity contribution is 6.28. The second-order valence-electron chi connectivity index (χ2n) is 6.13. The molecule has 0 fully saturated rings. The first-order valence-corrected chi connectivity index (χ1v) is 7.53. The Morgan fingerprint density at radius 1 is 1.29 bits per heavy atom. The van der Waals surface area contributed by atoms with Crippen molar-refractivity contribution >= 4 is 23.7 Å². The zero-order chi connectivity index (χ0) is 18.1. The SMILES string of the molecule is COC(=O)c1cc(-c2nc(Cl)ncc2C)cn1C(=O)OC(C)(C)C. The van der Waals surface area contributed by atoms with Crippen molar-refractivity contribution in [3.05, 3.63) is 35.0 Å². The normalized spacial score (nSPS) is 11.2. The smallest absolute Gasteiger partial charge is 0.419 e. The van der Waals surface area contributed by atoms with Gasteiger partial charge in [-0.3, -0.25) is 0 Å². The van der Waals surface area contributed by atoms with Crippen molar-refractivity contribution in [3.8, 4) is 11.3 Å². The molecule has 0 bridgehead atoms. The average Bonchev–Trinajstić information content (AvgIpc) is 2.92. The molecule has 0 radical (unpaired) electrons. The van der Waals surface area contributed by atoms with Gasteiger partial charge in [-0.05, 0) is 50.9 Å². The highest BCUT2D eigenvalue weighted by Crippen LogP contribution is 2.25. The zero-order valence-corrected chi connectivity index (χ0v) is 14.8. The molecule has 128 valence electrons. The molecule has 2 rings (SSSR count). The Hall–Kier alpha value is -2.41. The molecule has 0 aliphatic carbocycles. The van der Waals surface area contributed by atoms with Crippen LogP contribution in [0.2, 0.25) is 5.28 Å². The van der Waals surface area contributed by atoms with Crippen molar-refractivity contribution in [3.63, 3.8) is 0 Å². The number of aromatic nitrogens is 3. The second-order valence-corrected chi connectivity index (χ2v) is 6.46. The Kier molecular flexibility index (Phi) is 4.94. The van der Waals surface area contributed by atoms with Gasteiger partial charge in [0, 0.05) is 18.0 Å². The summed E-state index contributed by atoms with van der Waals surface area (Å²) in [6.07, 6.45) is 2.34. The van der Waals surface area contributed by atoms with E-state index in [1.54, 1.807) is 33.9 Å². The van der Waals surface area contributed by atoms with Crippen LogP contribution in [0.15, 0.2) is 18.5 Å². The molecule has 2 heterocycles. The van der Waals surface area contributed by atoms with E-state index in [0.717, 1.165) is 10.1 Å². The first-order chi connectivity index (χ1) is 11.1. The van der Waals surface area contributed by atoms with E-state index in [2.05, 4.69) is 9.97 Å². The number of halogens is 1.